The minimum absolute atomic E-state index is 0.0456. The number of nitrogens with one attached hydrogen (secondary N) is 2. The molecule has 1 unspecified atom stereocenters. The molecule has 0 aliphatic heterocycles. The maximum Gasteiger partial charge on any atom is 0.315 e. The summed E-state index contributed by atoms with van der Waals surface area (Å²) in [4.78, 5) is 25.2. The molecule has 0 saturated carbocycles. The molecular weight excluding hydrogens is 597 g/mol. The van der Waals surface area contributed by atoms with E-state index in [9.17, 15) is 9.59 Å². The van der Waals surface area contributed by atoms with Crippen LogP contribution in [0.15, 0.2) is 29.2 Å². The van der Waals surface area contributed by atoms with Gasteiger partial charge >= 0.3 is 6.03 Å². The molecule has 250 valence electrons. The van der Waals surface area contributed by atoms with E-state index in [1.807, 2.05) is 32.9 Å². The largest absolute Gasteiger partial charge is 0.379 e. The fraction of sp³-hybridized carbons (Fsp3) is 0.706. The molecule has 1 rings (SSSR count). The number of amides is 2. The quantitative estimate of drug-likeness (QED) is 0.0483. The predicted molar refractivity (Wildman–Crippen MR) is 183 cm³/mol. The van der Waals surface area contributed by atoms with Crippen molar-refractivity contribution in [3.05, 3.63) is 29.8 Å². The van der Waals surface area contributed by atoms with Crippen LogP contribution in [0.2, 0.25) is 0 Å². The molecule has 0 aliphatic carbocycles. The second kappa shape index (κ2) is 27.6. The summed E-state index contributed by atoms with van der Waals surface area (Å²) < 4.78 is 22.5. The number of benzene rings is 1. The highest BCUT2D eigenvalue weighted by Crippen LogP contribution is 2.35. The van der Waals surface area contributed by atoms with Gasteiger partial charge in [0.05, 0.1) is 33.0 Å². The van der Waals surface area contributed by atoms with Gasteiger partial charge in [-0.15, -0.1) is 0 Å². The highest BCUT2D eigenvalue weighted by atomic mass is 33.1. The van der Waals surface area contributed by atoms with Gasteiger partial charge in [0.2, 0.25) is 0 Å². The van der Waals surface area contributed by atoms with E-state index in [4.69, 9.17) is 18.9 Å². The Hall–Kier alpha value is -1.74. The average Bonchev–Trinajstić information content (AvgIpc) is 2.98. The van der Waals surface area contributed by atoms with Crippen LogP contribution in [0, 0.1) is 23.7 Å². The van der Waals surface area contributed by atoms with Crippen molar-refractivity contribution in [2.45, 2.75) is 89.9 Å². The van der Waals surface area contributed by atoms with Crippen molar-refractivity contribution in [1.29, 1.82) is 0 Å². The Bertz CT molecular complexity index is 934. The summed E-state index contributed by atoms with van der Waals surface area (Å²) in [6.45, 7) is 15.8. The van der Waals surface area contributed by atoms with Crippen LogP contribution in [0.25, 0.3) is 0 Å². The summed E-state index contributed by atoms with van der Waals surface area (Å²) in [6, 6.07) is 7.96. The molecule has 0 spiro atoms. The van der Waals surface area contributed by atoms with Crippen LogP contribution >= 0.6 is 21.6 Å². The summed E-state index contributed by atoms with van der Waals surface area (Å²) in [7, 11) is 3.33. The van der Waals surface area contributed by atoms with Gasteiger partial charge in [-0.1, -0.05) is 73.3 Å². The summed E-state index contributed by atoms with van der Waals surface area (Å²) in [6.07, 6.45) is 5.71. The van der Waals surface area contributed by atoms with Crippen LogP contribution in [0.4, 0.5) is 4.79 Å². The third-order valence-electron chi connectivity index (χ3n) is 6.10. The van der Waals surface area contributed by atoms with E-state index < -0.39 is 0 Å². The molecule has 10 heteroatoms. The number of ketones is 1. The maximum atomic E-state index is 12.4. The van der Waals surface area contributed by atoms with Crippen LogP contribution in [-0.2, 0) is 30.2 Å². The Morgan fingerprint density at radius 3 is 2.11 bits per heavy atom. The molecule has 1 atom stereocenters. The van der Waals surface area contributed by atoms with Gasteiger partial charge in [0.25, 0.3) is 0 Å². The monoisotopic (exact) mass is 652 g/mol. The molecule has 2 amide bonds. The Morgan fingerprint density at radius 2 is 1.45 bits per heavy atom. The van der Waals surface area contributed by atoms with Crippen molar-refractivity contribution in [3.8, 4) is 11.8 Å². The van der Waals surface area contributed by atoms with Gasteiger partial charge in [0.15, 0.2) is 0 Å². The number of carbonyl (C=O) groups excluding carboxylic acids is 2. The first kappa shape index (κ1) is 40.3. The van der Waals surface area contributed by atoms with Crippen molar-refractivity contribution < 1.29 is 28.5 Å². The Morgan fingerprint density at radius 1 is 0.795 bits per heavy atom. The smallest absolute Gasteiger partial charge is 0.315 e. The fourth-order valence-corrected chi connectivity index (χ4v) is 5.64. The number of urea groups is 1. The Kier molecular flexibility index (Phi) is 25.2. The van der Waals surface area contributed by atoms with Crippen molar-refractivity contribution >= 4 is 33.4 Å². The number of rotatable bonds is 26. The minimum atomic E-state index is -0.188. The predicted octanol–water partition coefficient (Wildman–Crippen LogP) is 6.91. The first-order valence-electron chi connectivity index (χ1n) is 16.0. The first-order chi connectivity index (χ1) is 21.3. The minimum Gasteiger partial charge on any atom is -0.379 e. The Labute approximate surface area is 274 Å². The number of hydrogen-bond donors (Lipinski definition) is 2. The van der Waals surface area contributed by atoms with Crippen molar-refractivity contribution in [2.24, 2.45) is 11.8 Å². The van der Waals surface area contributed by atoms with Gasteiger partial charge in [-0.25, -0.2) is 4.79 Å². The second-order valence-electron chi connectivity index (χ2n) is 11.2. The van der Waals surface area contributed by atoms with Crippen molar-refractivity contribution in [1.82, 2.24) is 10.6 Å². The molecule has 0 fully saturated rings. The third kappa shape index (κ3) is 25.6. The highest BCUT2D eigenvalue weighted by Gasteiger charge is 2.07. The molecule has 0 aromatic heterocycles. The summed E-state index contributed by atoms with van der Waals surface area (Å²) >= 11 is 0. The van der Waals surface area contributed by atoms with Crippen LogP contribution < -0.4 is 10.6 Å². The average molecular weight is 653 g/mol. The molecular formula is C34H56N2O6S2. The summed E-state index contributed by atoms with van der Waals surface area (Å²) in [5, 5.41) is 5.56. The summed E-state index contributed by atoms with van der Waals surface area (Å²) in [5.41, 5.74) is 1.07. The van der Waals surface area contributed by atoms with Gasteiger partial charge in [-0.3, -0.25) is 4.79 Å². The van der Waals surface area contributed by atoms with Crippen LogP contribution in [-0.4, -0.2) is 76.6 Å². The maximum absolute atomic E-state index is 12.4. The number of hydrogen-bond acceptors (Lipinski definition) is 8. The molecule has 0 bridgehead atoms. The van der Waals surface area contributed by atoms with Crippen LogP contribution in [0.3, 0.4) is 0 Å². The van der Waals surface area contributed by atoms with E-state index in [0.717, 1.165) is 48.7 Å². The molecule has 8 nitrogen and oxygen atoms in total. The van der Waals surface area contributed by atoms with Crippen LogP contribution in [0.5, 0.6) is 0 Å². The Balaban J connectivity index is 2.00. The highest BCUT2D eigenvalue weighted by molar-refractivity contribution is 8.76. The van der Waals surface area contributed by atoms with Gasteiger partial charge < -0.3 is 29.6 Å². The molecule has 1 aromatic carbocycles. The lowest BCUT2D eigenvalue weighted by Gasteiger charge is -2.12. The lowest BCUT2D eigenvalue weighted by Crippen LogP contribution is -2.36. The van der Waals surface area contributed by atoms with Crippen molar-refractivity contribution in [3.63, 3.8) is 0 Å². The van der Waals surface area contributed by atoms with Crippen molar-refractivity contribution in [2.75, 3.05) is 59.3 Å². The standard InChI is InChI=1S/C34H56N2O6S2/c1-28(2)11-8-19-36-34(38)35-18-6-7-22-42-30(5)43-44-33-16-14-31(15-17-33)27-32(37)13-10-21-40-24-26-41-25-23-39-20-9-12-29(3)4/h14-17,28-30H,6-7,9-10,12-13,18-27H2,1-5H3,(H2,35,36,38). The first-order valence-corrected chi connectivity index (χ1v) is 18.3. The lowest BCUT2D eigenvalue weighted by atomic mass is 10.1. The number of unbranched alkanes of at least 4 members (excludes halogenated alkanes) is 1. The molecule has 0 saturated heterocycles. The fourth-order valence-electron chi connectivity index (χ4n) is 3.76. The van der Waals surface area contributed by atoms with E-state index in [0.29, 0.717) is 71.5 Å². The number of ether oxygens (including phenoxy) is 4. The van der Waals surface area contributed by atoms with E-state index in [-0.39, 0.29) is 17.3 Å². The zero-order valence-electron chi connectivity index (χ0n) is 27.6. The summed E-state index contributed by atoms with van der Waals surface area (Å²) in [5.74, 6) is 7.19. The number of Topliss-reactive ketones (excluding diaryl/α,β-unsaturated/α-hetero) is 1. The topological polar surface area (TPSA) is 95.1 Å². The molecule has 0 heterocycles. The van der Waals surface area contributed by atoms with Gasteiger partial charge in [0.1, 0.15) is 11.2 Å². The number of carbonyl (C=O) groups is 2. The zero-order chi connectivity index (χ0) is 32.3. The molecule has 2 N–H and O–H groups in total. The van der Waals surface area contributed by atoms with E-state index in [1.54, 1.807) is 21.6 Å². The van der Waals surface area contributed by atoms with Crippen LogP contribution in [0.1, 0.15) is 78.7 Å². The molecule has 0 radical (unpaired) electrons. The third-order valence-corrected chi connectivity index (χ3v) is 8.75. The SMILES string of the molecule is CC(C)C#CCNC(=O)NCCCCOC(C)SSc1ccc(CC(=O)CCCOCCOCCOCCCC(C)C)cc1. The normalized spacial score (nSPS) is 11.8. The van der Waals surface area contributed by atoms with E-state index in [2.05, 4.69) is 48.5 Å². The van der Waals surface area contributed by atoms with E-state index in [1.165, 1.54) is 6.42 Å². The molecule has 0 aliphatic rings. The van der Waals surface area contributed by atoms with Gasteiger partial charge in [-0.05, 0) is 62.6 Å². The lowest BCUT2D eigenvalue weighted by molar-refractivity contribution is -0.118. The molecule has 1 aromatic rings. The van der Waals surface area contributed by atoms with Gasteiger partial charge in [0, 0.05) is 50.0 Å². The second-order valence-corrected chi connectivity index (χ2v) is 13.8. The van der Waals surface area contributed by atoms with E-state index >= 15 is 0 Å². The zero-order valence-corrected chi connectivity index (χ0v) is 29.3. The molecule has 44 heavy (non-hydrogen) atoms. The van der Waals surface area contributed by atoms with Gasteiger partial charge in [-0.2, -0.15) is 0 Å².